The summed E-state index contributed by atoms with van der Waals surface area (Å²) in [5, 5.41) is 7.65. The van der Waals surface area contributed by atoms with Crippen molar-refractivity contribution >= 4 is 49.4 Å². The molecular weight excluding hydrogens is 458 g/mol. The van der Waals surface area contributed by atoms with Crippen molar-refractivity contribution in [3.63, 3.8) is 0 Å². The van der Waals surface area contributed by atoms with Crippen molar-refractivity contribution in [2.24, 2.45) is 0 Å². The minimum absolute atomic E-state index is 1.14. The maximum absolute atomic E-state index is 2.34. The summed E-state index contributed by atoms with van der Waals surface area (Å²) in [5.41, 5.74) is 7.19. The van der Waals surface area contributed by atoms with Crippen molar-refractivity contribution in [1.29, 1.82) is 0 Å². The van der Waals surface area contributed by atoms with Gasteiger partial charge in [-0.1, -0.05) is 115 Å². The number of nitrogens with zero attached hydrogens (tertiary/aromatic N) is 1. The van der Waals surface area contributed by atoms with Gasteiger partial charge in [0, 0.05) is 17.1 Å². The van der Waals surface area contributed by atoms with Gasteiger partial charge in [-0.05, 0) is 86.8 Å². The molecule has 1 heteroatoms. The van der Waals surface area contributed by atoms with Crippen molar-refractivity contribution < 1.29 is 0 Å². The van der Waals surface area contributed by atoms with E-state index in [4.69, 9.17) is 0 Å². The molecule has 0 bridgehead atoms. The van der Waals surface area contributed by atoms with E-state index < -0.39 is 0 Å². The Labute approximate surface area is 223 Å². The Kier molecular flexibility index (Phi) is 5.41. The van der Waals surface area contributed by atoms with Crippen molar-refractivity contribution in [2.45, 2.75) is 6.92 Å². The quantitative estimate of drug-likeness (QED) is 0.224. The SMILES string of the molecule is Cc1ccc2c(ccc3cc(N(c4ccccc4)c4ccc(-c5cccc6ccccc56)cc4)ccc32)c1. The fourth-order valence-electron chi connectivity index (χ4n) is 5.61. The first-order chi connectivity index (χ1) is 18.7. The van der Waals surface area contributed by atoms with E-state index in [-0.39, 0.29) is 0 Å². The van der Waals surface area contributed by atoms with Gasteiger partial charge in [0.15, 0.2) is 0 Å². The second-order valence-electron chi connectivity index (χ2n) is 9.94. The van der Waals surface area contributed by atoms with Crippen molar-refractivity contribution in [3.05, 3.63) is 151 Å². The van der Waals surface area contributed by atoms with E-state index in [0.717, 1.165) is 17.1 Å². The highest BCUT2D eigenvalue weighted by Crippen LogP contribution is 2.38. The molecule has 0 N–H and O–H groups in total. The second kappa shape index (κ2) is 9.21. The minimum Gasteiger partial charge on any atom is -0.310 e. The molecule has 0 atom stereocenters. The fraction of sp³-hybridized carbons (Fsp3) is 0.0270. The molecule has 180 valence electrons. The Balaban J connectivity index is 1.34. The van der Waals surface area contributed by atoms with Crippen LogP contribution in [-0.4, -0.2) is 0 Å². The molecule has 7 aromatic carbocycles. The Hall–Kier alpha value is -4.88. The highest BCUT2D eigenvalue weighted by atomic mass is 15.1. The van der Waals surface area contributed by atoms with Gasteiger partial charge in [0.25, 0.3) is 0 Å². The molecule has 0 aliphatic rings. The number of rotatable bonds is 4. The summed E-state index contributed by atoms with van der Waals surface area (Å²) in [4.78, 5) is 2.34. The Morgan fingerprint density at radius 1 is 0.395 bits per heavy atom. The van der Waals surface area contributed by atoms with Gasteiger partial charge in [-0.3, -0.25) is 0 Å². The number of aryl methyl sites for hydroxylation is 1. The van der Waals surface area contributed by atoms with E-state index in [1.807, 2.05) is 0 Å². The lowest BCUT2D eigenvalue weighted by molar-refractivity contribution is 1.29. The lowest BCUT2D eigenvalue weighted by Gasteiger charge is -2.26. The van der Waals surface area contributed by atoms with Gasteiger partial charge in [0.05, 0.1) is 0 Å². The largest absolute Gasteiger partial charge is 0.310 e. The van der Waals surface area contributed by atoms with E-state index in [0.29, 0.717) is 0 Å². The Morgan fingerprint density at radius 3 is 1.84 bits per heavy atom. The average molecular weight is 486 g/mol. The number of hydrogen-bond acceptors (Lipinski definition) is 1. The zero-order valence-electron chi connectivity index (χ0n) is 21.3. The molecule has 0 heterocycles. The predicted octanol–water partition coefficient (Wildman–Crippen LogP) is 10.6. The number of para-hydroxylation sites is 1. The summed E-state index contributed by atoms with van der Waals surface area (Å²) in [7, 11) is 0. The lowest BCUT2D eigenvalue weighted by Crippen LogP contribution is -2.09. The lowest BCUT2D eigenvalue weighted by atomic mass is 9.98. The third-order valence-corrected chi connectivity index (χ3v) is 7.47. The molecule has 0 unspecified atom stereocenters. The van der Waals surface area contributed by atoms with Crippen LogP contribution in [0.15, 0.2) is 146 Å². The third-order valence-electron chi connectivity index (χ3n) is 7.47. The van der Waals surface area contributed by atoms with Crippen LogP contribution in [0.4, 0.5) is 17.1 Å². The van der Waals surface area contributed by atoms with Crippen molar-refractivity contribution in [1.82, 2.24) is 0 Å². The number of benzene rings is 7. The smallest absolute Gasteiger partial charge is 0.0468 e. The number of fused-ring (bicyclic) bond motifs is 4. The molecule has 0 aromatic heterocycles. The first-order valence-electron chi connectivity index (χ1n) is 13.1. The van der Waals surface area contributed by atoms with E-state index in [9.17, 15) is 0 Å². The monoisotopic (exact) mass is 485 g/mol. The number of hydrogen-bond donors (Lipinski definition) is 0. The number of anilines is 3. The van der Waals surface area contributed by atoms with Crippen LogP contribution < -0.4 is 4.90 Å². The van der Waals surface area contributed by atoms with Crippen LogP contribution in [0.25, 0.3) is 43.4 Å². The summed E-state index contributed by atoms with van der Waals surface area (Å²) in [6, 6.07) is 52.7. The topological polar surface area (TPSA) is 3.24 Å². The summed E-state index contributed by atoms with van der Waals surface area (Å²) < 4.78 is 0. The summed E-state index contributed by atoms with van der Waals surface area (Å²) in [5.74, 6) is 0. The van der Waals surface area contributed by atoms with Gasteiger partial charge in [0.2, 0.25) is 0 Å². The summed E-state index contributed by atoms with van der Waals surface area (Å²) >= 11 is 0. The summed E-state index contributed by atoms with van der Waals surface area (Å²) in [6.45, 7) is 2.15. The average Bonchev–Trinajstić information content (AvgIpc) is 2.98. The molecule has 0 radical (unpaired) electrons. The fourth-order valence-corrected chi connectivity index (χ4v) is 5.61. The molecule has 38 heavy (non-hydrogen) atoms. The maximum atomic E-state index is 2.34. The van der Waals surface area contributed by atoms with Crippen LogP contribution in [0.5, 0.6) is 0 Å². The zero-order chi connectivity index (χ0) is 25.5. The van der Waals surface area contributed by atoms with E-state index in [2.05, 4.69) is 157 Å². The zero-order valence-corrected chi connectivity index (χ0v) is 21.3. The minimum atomic E-state index is 1.14. The van der Waals surface area contributed by atoms with Gasteiger partial charge in [0.1, 0.15) is 0 Å². The molecule has 0 saturated carbocycles. The van der Waals surface area contributed by atoms with Crippen molar-refractivity contribution in [2.75, 3.05) is 4.90 Å². The van der Waals surface area contributed by atoms with Crippen LogP contribution >= 0.6 is 0 Å². The van der Waals surface area contributed by atoms with Crippen LogP contribution in [0.1, 0.15) is 5.56 Å². The van der Waals surface area contributed by atoms with Crippen LogP contribution in [-0.2, 0) is 0 Å². The first-order valence-corrected chi connectivity index (χ1v) is 13.1. The molecule has 0 aliphatic carbocycles. The van der Waals surface area contributed by atoms with Gasteiger partial charge in [-0.25, -0.2) is 0 Å². The molecule has 0 saturated heterocycles. The van der Waals surface area contributed by atoms with Gasteiger partial charge < -0.3 is 4.90 Å². The Morgan fingerprint density at radius 2 is 1.03 bits per heavy atom. The van der Waals surface area contributed by atoms with E-state index >= 15 is 0 Å². The molecule has 7 rings (SSSR count). The maximum Gasteiger partial charge on any atom is 0.0468 e. The highest BCUT2D eigenvalue weighted by molar-refractivity contribution is 6.08. The molecule has 0 aliphatic heterocycles. The predicted molar refractivity (Wildman–Crippen MR) is 164 cm³/mol. The standard InChI is InChI=1S/C37H27N/c1-26-14-22-36-29(24-26)15-16-30-25-33(21-23-37(30)36)38(31-10-3-2-4-11-31)32-19-17-28(18-20-32)35-13-7-9-27-8-5-6-12-34(27)35/h2-25H,1H3. The third kappa shape index (κ3) is 3.90. The second-order valence-corrected chi connectivity index (χ2v) is 9.94. The van der Waals surface area contributed by atoms with Crippen molar-refractivity contribution in [3.8, 4) is 11.1 Å². The Bertz CT molecular complexity index is 1910. The molecule has 7 aromatic rings. The first kappa shape index (κ1) is 22.3. The molecular formula is C37H27N. The molecule has 0 fully saturated rings. The summed E-state index contributed by atoms with van der Waals surface area (Å²) in [6.07, 6.45) is 0. The molecule has 0 amide bonds. The normalized spacial score (nSPS) is 11.3. The van der Waals surface area contributed by atoms with Crippen LogP contribution in [0, 0.1) is 6.92 Å². The van der Waals surface area contributed by atoms with E-state index in [1.165, 1.54) is 49.0 Å². The van der Waals surface area contributed by atoms with Crippen LogP contribution in [0.2, 0.25) is 0 Å². The van der Waals surface area contributed by atoms with E-state index in [1.54, 1.807) is 0 Å². The highest BCUT2D eigenvalue weighted by Gasteiger charge is 2.14. The molecule has 1 nitrogen and oxygen atoms in total. The van der Waals surface area contributed by atoms with Crippen LogP contribution in [0.3, 0.4) is 0 Å². The van der Waals surface area contributed by atoms with Gasteiger partial charge in [-0.15, -0.1) is 0 Å². The molecule has 0 spiro atoms. The van der Waals surface area contributed by atoms with Gasteiger partial charge in [-0.2, -0.15) is 0 Å². The van der Waals surface area contributed by atoms with Gasteiger partial charge >= 0.3 is 0 Å².